The van der Waals surface area contributed by atoms with E-state index in [1.54, 1.807) is 6.33 Å². The number of carbonyl (C=O) groups is 1. The van der Waals surface area contributed by atoms with Crippen molar-refractivity contribution in [3.63, 3.8) is 0 Å². The summed E-state index contributed by atoms with van der Waals surface area (Å²) in [6, 6.07) is 11.9. The molecule has 0 radical (unpaired) electrons. The zero-order valence-corrected chi connectivity index (χ0v) is 17.3. The van der Waals surface area contributed by atoms with E-state index < -0.39 is 0 Å². The lowest BCUT2D eigenvalue weighted by atomic mass is 10.1. The molecule has 1 aromatic carbocycles. The van der Waals surface area contributed by atoms with E-state index in [0.717, 1.165) is 34.9 Å². The van der Waals surface area contributed by atoms with Crippen LogP contribution in [0.15, 0.2) is 42.7 Å². The van der Waals surface area contributed by atoms with E-state index >= 15 is 0 Å². The van der Waals surface area contributed by atoms with Gasteiger partial charge in [0.15, 0.2) is 5.82 Å². The first-order valence-electron chi connectivity index (χ1n) is 9.99. The van der Waals surface area contributed by atoms with Gasteiger partial charge in [-0.3, -0.25) is 4.79 Å². The molecular weight excluding hydrogens is 364 g/mol. The number of aromatic nitrogens is 4. The Bertz CT molecular complexity index is 1040. The van der Waals surface area contributed by atoms with E-state index in [4.69, 9.17) is 4.98 Å². The number of rotatable bonds is 6. The summed E-state index contributed by atoms with van der Waals surface area (Å²) < 4.78 is 1.99. The number of hydrogen-bond donors (Lipinski definition) is 1. The van der Waals surface area contributed by atoms with Crippen LogP contribution in [0, 0.1) is 5.92 Å². The van der Waals surface area contributed by atoms with E-state index in [1.165, 1.54) is 0 Å². The lowest BCUT2D eigenvalue weighted by Crippen LogP contribution is -2.28. The number of fused-ring (bicyclic) bond motifs is 1. The van der Waals surface area contributed by atoms with Crippen LogP contribution >= 0.6 is 0 Å². The monoisotopic (exact) mass is 390 g/mol. The summed E-state index contributed by atoms with van der Waals surface area (Å²) >= 11 is 0. The second-order valence-corrected chi connectivity index (χ2v) is 8.11. The smallest absolute Gasteiger partial charge is 0.256 e. The van der Waals surface area contributed by atoms with Crippen LogP contribution in [0.1, 0.15) is 49.7 Å². The molecule has 29 heavy (non-hydrogen) atoms. The van der Waals surface area contributed by atoms with Gasteiger partial charge in [0, 0.05) is 19.1 Å². The largest absolute Gasteiger partial charge is 0.340 e. The van der Waals surface area contributed by atoms with Crippen LogP contribution in [0.5, 0.6) is 0 Å². The Kier molecular flexibility index (Phi) is 5.05. The normalized spacial score (nSPS) is 13.4. The molecule has 0 saturated heterocycles. The average Bonchev–Trinajstić information content (AvgIpc) is 3.28. The minimum atomic E-state index is 0.0764. The number of carbonyl (C=O) groups excluding carboxylic acids is 1. The molecule has 0 aliphatic carbocycles. The molecule has 0 saturated carbocycles. The predicted octanol–water partition coefficient (Wildman–Crippen LogP) is 4.28. The highest BCUT2D eigenvalue weighted by molar-refractivity contribution is 6.04. The summed E-state index contributed by atoms with van der Waals surface area (Å²) in [6.07, 6.45) is 1.72. The SMILES string of the molecule is CC(C)CN1Cc2cccc(Nc3cccc(-c4nncn4C(C)C)n3)c2C1=O. The fraction of sp³-hybridized carbons (Fsp3) is 0.364. The third kappa shape index (κ3) is 3.72. The van der Waals surface area contributed by atoms with E-state index in [2.05, 4.69) is 43.2 Å². The molecule has 1 amide bonds. The molecular formula is C22H26N6O. The number of nitrogens with zero attached hydrogens (tertiary/aromatic N) is 5. The predicted molar refractivity (Wildman–Crippen MR) is 113 cm³/mol. The number of amides is 1. The highest BCUT2D eigenvalue weighted by Crippen LogP contribution is 2.31. The van der Waals surface area contributed by atoms with Gasteiger partial charge in [-0.05, 0) is 43.5 Å². The van der Waals surface area contributed by atoms with Crippen molar-refractivity contribution < 1.29 is 4.79 Å². The van der Waals surface area contributed by atoms with Crippen LogP contribution in [0.3, 0.4) is 0 Å². The lowest BCUT2D eigenvalue weighted by Gasteiger charge is -2.18. The van der Waals surface area contributed by atoms with Gasteiger partial charge in [-0.15, -0.1) is 10.2 Å². The Morgan fingerprint density at radius 3 is 2.66 bits per heavy atom. The zero-order valence-electron chi connectivity index (χ0n) is 17.3. The molecule has 4 rings (SSSR count). The maximum Gasteiger partial charge on any atom is 0.256 e. The first kappa shape index (κ1) is 19.1. The van der Waals surface area contributed by atoms with Crippen molar-refractivity contribution in [3.8, 4) is 11.5 Å². The molecule has 1 aliphatic heterocycles. The van der Waals surface area contributed by atoms with Gasteiger partial charge >= 0.3 is 0 Å². The maximum atomic E-state index is 13.0. The zero-order chi connectivity index (χ0) is 20.5. The molecule has 0 atom stereocenters. The van der Waals surface area contributed by atoms with Gasteiger partial charge in [0.25, 0.3) is 5.91 Å². The van der Waals surface area contributed by atoms with Crippen LogP contribution in [0.2, 0.25) is 0 Å². The van der Waals surface area contributed by atoms with E-state index in [-0.39, 0.29) is 11.9 Å². The highest BCUT2D eigenvalue weighted by Gasteiger charge is 2.30. The first-order valence-corrected chi connectivity index (χ1v) is 9.99. The van der Waals surface area contributed by atoms with Crippen molar-refractivity contribution >= 4 is 17.4 Å². The number of benzene rings is 1. The summed E-state index contributed by atoms with van der Waals surface area (Å²) in [5, 5.41) is 11.6. The molecule has 7 nitrogen and oxygen atoms in total. The van der Waals surface area contributed by atoms with Gasteiger partial charge in [-0.25, -0.2) is 4.98 Å². The van der Waals surface area contributed by atoms with Crippen LogP contribution in [-0.2, 0) is 6.54 Å². The van der Waals surface area contributed by atoms with Crippen molar-refractivity contribution in [1.82, 2.24) is 24.6 Å². The minimum absolute atomic E-state index is 0.0764. The molecule has 3 heterocycles. The van der Waals surface area contributed by atoms with Gasteiger partial charge in [0.05, 0.1) is 11.3 Å². The Hall–Kier alpha value is -3.22. The Morgan fingerprint density at radius 2 is 1.90 bits per heavy atom. The fourth-order valence-electron chi connectivity index (χ4n) is 3.68. The fourth-order valence-corrected chi connectivity index (χ4v) is 3.68. The van der Waals surface area contributed by atoms with Gasteiger partial charge in [-0.1, -0.05) is 32.0 Å². The van der Waals surface area contributed by atoms with Crippen LogP contribution in [-0.4, -0.2) is 37.1 Å². The summed E-state index contributed by atoms with van der Waals surface area (Å²) in [4.78, 5) is 19.6. The first-order chi connectivity index (χ1) is 13.9. The molecule has 3 aromatic rings. The average molecular weight is 390 g/mol. The maximum absolute atomic E-state index is 13.0. The van der Waals surface area contributed by atoms with Gasteiger partial charge in [0.2, 0.25) is 0 Å². The Balaban J connectivity index is 1.63. The van der Waals surface area contributed by atoms with Gasteiger partial charge < -0.3 is 14.8 Å². The van der Waals surface area contributed by atoms with Crippen LogP contribution in [0.4, 0.5) is 11.5 Å². The second-order valence-electron chi connectivity index (χ2n) is 8.11. The summed E-state index contributed by atoms with van der Waals surface area (Å²) in [7, 11) is 0. The summed E-state index contributed by atoms with van der Waals surface area (Å²) in [5.74, 6) is 1.90. The number of hydrogen-bond acceptors (Lipinski definition) is 5. The highest BCUT2D eigenvalue weighted by atomic mass is 16.2. The quantitative estimate of drug-likeness (QED) is 0.680. The molecule has 0 bridgehead atoms. The number of pyridine rings is 1. The minimum Gasteiger partial charge on any atom is -0.340 e. The molecule has 0 fully saturated rings. The van der Waals surface area contributed by atoms with Crippen molar-refractivity contribution in [1.29, 1.82) is 0 Å². The molecule has 0 spiro atoms. The second kappa shape index (κ2) is 7.66. The van der Waals surface area contributed by atoms with E-state index in [0.29, 0.717) is 18.3 Å². The molecule has 7 heteroatoms. The standard InChI is InChI=1S/C22H26N6O/c1-14(2)11-27-12-16-7-5-8-17(20(16)22(27)29)24-19-10-6-9-18(25-19)21-26-23-13-28(21)15(3)4/h5-10,13-15H,11-12H2,1-4H3,(H,24,25). The summed E-state index contributed by atoms with van der Waals surface area (Å²) in [6.45, 7) is 9.83. The van der Waals surface area contributed by atoms with Crippen LogP contribution < -0.4 is 5.32 Å². The van der Waals surface area contributed by atoms with Gasteiger partial charge in [-0.2, -0.15) is 0 Å². The van der Waals surface area contributed by atoms with Gasteiger partial charge in [0.1, 0.15) is 17.8 Å². The molecule has 0 unspecified atom stereocenters. The molecule has 1 aliphatic rings. The Labute approximate surface area is 170 Å². The third-order valence-corrected chi connectivity index (χ3v) is 4.97. The third-order valence-electron chi connectivity index (χ3n) is 4.97. The lowest BCUT2D eigenvalue weighted by molar-refractivity contribution is 0.0760. The topological polar surface area (TPSA) is 75.9 Å². The van der Waals surface area contributed by atoms with Crippen LogP contribution in [0.25, 0.3) is 11.5 Å². The van der Waals surface area contributed by atoms with Crippen molar-refractivity contribution in [2.75, 3.05) is 11.9 Å². The van der Waals surface area contributed by atoms with Crippen molar-refractivity contribution in [3.05, 3.63) is 53.9 Å². The van der Waals surface area contributed by atoms with Crippen molar-refractivity contribution in [2.24, 2.45) is 5.92 Å². The number of nitrogens with one attached hydrogen (secondary N) is 1. The summed E-state index contributed by atoms with van der Waals surface area (Å²) in [5.41, 5.74) is 3.32. The molecule has 2 aromatic heterocycles. The Morgan fingerprint density at radius 1 is 1.10 bits per heavy atom. The van der Waals surface area contributed by atoms with E-state index in [1.807, 2.05) is 45.9 Å². The molecule has 1 N–H and O–H groups in total. The van der Waals surface area contributed by atoms with E-state index in [9.17, 15) is 4.79 Å². The van der Waals surface area contributed by atoms with Crippen molar-refractivity contribution in [2.45, 2.75) is 40.3 Å². The number of anilines is 2. The molecule has 150 valence electrons.